The molecular weight excluding hydrogens is 220 g/mol. The van der Waals surface area contributed by atoms with Gasteiger partial charge in [0.05, 0.1) is 11.2 Å². The fraction of sp³-hybridized carbons (Fsp3) is 0.154. The third-order valence-corrected chi connectivity index (χ3v) is 3.52. The molecular formula is C13H12O2S. The van der Waals surface area contributed by atoms with Gasteiger partial charge in [-0.2, -0.15) is 0 Å². The van der Waals surface area contributed by atoms with Crippen LogP contribution < -0.4 is 0 Å². The van der Waals surface area contributed by atoms with Crippen molar-refractivity contribution in [3.8, 4) is 0 Å². The number of hydrogen-bond acceptors (Lipinski definition) is 3. The minimum Gasteiger partial charge on any atom is -0.468 e. The van der Waals surface area contributed by atoms with Gasteiger partial charge in [-0.3, -0.25) is 4.79 Å². The molecule has 0 aliphatic heterocycles. The second kappa shape index (κ2) is 4.58. The Morgan fingerprint density at radius 2 is 1.94 bits per heavy atom. The molecule has 0 saturated heterocycles. The zero-order valence-corrected chi connectivity index (χ0v) is 10.0. The number of carbonyl (C=O) groups excluding carboxylic acids is 1. The van der Waals surface area contributed by atoms with Crippen molar-refractivity contribution in [1.82, 2.24) is 0 Å². The van der Waals surface area contributed by atoms with Gasteiger partial charge in [0.25, 0.3) is 0 Å². The zero-order chi connectivity index (χ0) is 11.5. The van der Waals surface area contributed by atoms with Crippen molar-refractivity contribution >= 4 is 17.5 Å². The maximum absolute atomic E-state index is 11.4. The minimum atomic E-state index is 0.0873. The highest BCUT2D eigenvalue weighted by Gasteiger charge is 2.10. The Hall–Kier alpha value is -1.48. The lowest BCUT2D eigenvalue weighted by Gasteiger charge is -2.04. The lowest BCUT2D eigenvalue weighted by molar-refractivity contribution is 0.101. The summed E-state index contributed by atoms with van der Waals surface area (Å²) in [5, 5.41) is 0. The lowest BCUT2D eigenvalue weighted by atomic mass is 10.1. The van der Waals surface area contributed by atoms with E-state index in [9.17, 15) is 4.79 Å². The van der Waals surface area contributed by atoms with Crippen LogP contribution in [-0.4, -0.2) is 5.78 Å². The molecule has 2 nitrogen and oxygen atoms in total. The molecule has 1 heterocycles. The van der Waals surface area contributed by atoms with Crippen molar-refractivity contribution in [1.29, 1.82) is 0 Å². The smallest absolute Gasteiger partial charge is 0.160 e. The van der Waals surface area contributed by atoms with E-state index in [4.69, 9.17) is 4.42 Å². The Labute approximate surface area is 98.7 Å². The SMILES string of the molecule is CC(=O)c1ccccc1Sc1ccoc1C. The van der Waals surface area contributed by atoms with Crippen LogP contribution in [0, 0.1) is 6.92 Å². The van der Waals surface area contributed by atoms with Gasteiger partial charge in [0, 0.05) is 10.5 Å². The summed E-state index contributed by atoms with van der Waals surface area (Å²) in [7, 11) is 0. The molecule has 0 aliphatic rings. The molecule has 0 unspecified atom stereocenters. The summed E-state index contributed by atoms with van der Waals surface area (Å²) >= 11 is 1.56. The number of carbonyl (C=O) groups is 1. The van der Waals surface area contributed by atoms with E-state index >= 15 is 0 Å². The van der Waals surface area contributed by atoms with E-state index in [2.05, 4.69) is 0 Å². The molecule has 0 saturated carbocycles. The highest BCUT2D eigenvalue weighted by molar-refractivity contribution is 7.99. The van der Waals surface area contributed by atoms with E-state index in [1.54, 1.807) is 24.9 Å². The third kappa shape index (κ3) is 2.19. The average molecular weight is 232 g/mol. The summed E-state index contributed by atoms with van der Waals surface area (Å²) in [4.78, 5) is 13.5. The number of furan rings is 1. The first kappa shape index (κ1) is 11.0. The van der Waals surface area contributed by atoms with E-state index < -0.39 is 0 Å². The van der Waals surface area contributed by atoms with E-state index in [0.29, 0.717) is 0 Å². The van der Waals surface area contributed by atoms with Crippen LogP contribution in [0.1, 0.15) is 23.0 Å². The Bertz CT molecular complexity index is 514. The van der Waals surface area contributed by atoms with Gasteiger partial charge in [0.15, 0.2) is 5.78 Å². The Morgan fingerprint density at radius 3 is 2.56 bits per heavy atom. The van der Waals surface area contributed by atoms with E-state index in [-0.39, 0.29) is 5.78 Å². The predicted octanol–water partition coefficient (Wildman–Crippen LogP) is 3.94. The molecule has 0 bridgehead atoms. The number of aryl methyl sites for hydroxylation is 1. The van der Waals surface area contributed by atoms with Gasteiger partial charge in [-0.05, 0) is 26.0 Å². The van der Waals surface area contributed by atoms with Crippen LogP contribution >= 0.6 is 11.8 Å². The van der Waals surface area contributed by atoms with Gasteiger partial charge in [0.2, 0.25) is 0 Å². The molecule has 3 heteroatoms. The fourth-order valence-electron chi connectivity index (χ4n) is 1.44. The number of Topliss-reactive ketones (excluding diaryl/α,β-unsaturated/α-hetero) is 1. The van der Waals surface area contributed by atoms with Gasteiger partial charge in [-0.25, -0.2) is 0 Å². The third-order valence-electron chi connectivity index (χ3n) is 2.30. The Kier molecular flexibility index (Phi) is 3.15. The summed E-state index contributed by atoms with van der Waals surface area (Å²) in [6.07, 6.45) is 1.66. The van der Waals surface area contributed by atoms with Crippen LogP contribution in [-0.2, 0) is 0 Å². The summed E-state index contributed by atoms with van der Waals surface area (Å²) in [6, 6.07) is 9.53. The van der Waals surface area contributed by atoms with Crippen LogP contribution in [0.15, 0.2) is 50.8 Å². The highest BCUT2D eigenvalue weighted by atomic mass is 32.2. The van der Waals surface area contributed by atoms with Gasteiger partial charge < -0.3 is 4.42 Å². The standard InChI is InChI=1S/C13H12O2S/c1-9(14)11-5-3-4-6-13(11)16-12-7-8-15-10(12)2/h3-8H,1-2H3. The first-order valence-electron chi connectivity index (χ1n) is 5.00. The van der Waals surface area contributed by atoms with Crippen molar-refractivity contribution in [3.05, 3.63) is 47.9 Å². The first-order chi connectivity index (χ1) is 7.68. The molecule has 82 valence electrons. The van der Waals surface area contributed by atoms with E-state index in [1.807, 2.05) is 37.3 Å². The van der Waals surface area contributed by atoms with E-state index in [0.717, 1.165) is 21.1 Å². The van der Waals surface area contributed by atoms with Crippen LogP contribution in [0.3, 0.4) is 0 Å². The monoisotopic (exact) mass is 232 g/mol. The Balaban J connectivity index is 2.35. The molecule has 0 N–H and O–H groups in total. The molecule has 1 aromatic heterocycles. The van der Waals surface area contributed by atoms with E-state index in [1.165, 1.54) is 0 Å². The zero-order valence-electron chi connectivity index (χ0n) is 9.19. The summed E-state index contributed by atoms with van der Waals surface area (Å²) in [5.74, 6) is 0.965. The minimum absolute atomic E-state index is 0.0873. The molecule has 0 radical (unpaired) electrons. The van der Waals surface area contributed by atoms with Gasteiger partial charge >= 0.3 is 0 Å². The summed E-state index contributed by atoms with van der Waals surface area (Å²) in [6.45, 7) is 3.50. The quantitative estimate of drug-likeness (QED) is 0.751. The van der Waals surface area contributed by atoms with Crippen molar-refractivity contribution in [2.45, 2.75) is 23.6 Å². The lowest BCUT2D eigenvalue weighted by Crippen LogP contribution is -1.94. The highest BCUT2D eigenvalue weighted by Crippen LogP contribution is 2.33. The second-order valence-corrected chi connectivity index (χ2v) is 4.58. The van der Waals surface area contributed by atoms with Gasteiger partial charge in [-0.15, -0.1) is 0 Å². The van der Waals surface area contributed by atoms with Crippen molar-refractivity contribution in [2.24, 2.45) is 0 Å². The van der Waals surface area contributed by atoms with Crippen LogP contribution in [0.25, 0.3) is 0 Å². The topological polar surface area (TPSA) is 30.2 Å². The predicted molar refractivity (Wildman–Crippen MR) is 64.0 cm³/mol. The summed E-state index contributed by atoms with van der Waals surface area (Å²) < 4.78 is 5.23. The normalized spacial score (nSPS) is 10.4. The molecule has 0 spiro atoms. The maximum atomic E-state index is 11.4. The molecule has 0 amide bonds. The average Bonchev–Trinajstić information content (AvgIpc) is 2.65. The van der Waals surface area contributed by atoms with Crippen LogP contribution in [0.4, 0.5) is 0 Å². The van der Waals surface area contributed by atoms with Crippen molar-refractivity contribution in [3.63, 3.8) is 0 Å². The molecule has 2 aromatic rings. The molecule has 0 aliphatic carbocycles. The molecule has 1 aromatic carbocycles. The number of ketones is 1. The number of benzene rings is 1. The van der Waals surface area contributed by atoms with Crippen molar-refractivity contribution < 1.29 is 9.21 Å². The Morgan fingerprint density at radius 1 is 1.19 bits per heavy atom. The maximum Gasteiger partial charge on any atom is 0.160 e. The molecule has 16 heavy (non-hydrogen) atoms. The van der Waals surface area contributed by atoms with Crippen molar-refractivity contribution in [2.75, 3.05) is 0 Å². The van der Waals surface area contributed by atoms with Gasteiger partial charge in [-0.1, -0.05) is 30.0 Å². The first-order valence-corrected chi connectivity index (χ1v) is 5.82. The molecule has 0 atom stereocenters. The molecule has 0 fully saturated rings. The number of hydrogen-bond donors (Lipinski definition) is 0. The number of rotatable bonds is 3. The van der Waals surface area contributed by atoms with Crippen LogP contribution in [0.5, 0.6) is 0 Å². The van der Waals surface area contributed by atoms with Gasteiger partial charge in [0.1, 0.15) is 5.76 Å². The largest absolute Gasteiger partial charge is 0.468 e. The summed E-state index contributed by atoms with van der Waals surface area (Å²) in [5.41, 5.74) is 0.758. The van der Waals surface area contributed by atoms with Crippen LogP contribution in [0.2, 0.25) is 0 Å². The second-order valence-electron chi connectivity index (χ2n) is 3.50. The molecule has 2 rings (SSSR count). The fourth-order valence-corrected chi connectivity index (χ4v) is 2.46.